The standard InChI is InChI=1S/C20H15BrCl3N3O5/c21-12-2-4-16(15(24)7-12)25-17(28)9-32-20(31)11-6-18(29)27(8-11)26-19(30)10-1-3-13(22)14(23)5-10/h1-5,7,11H,6,8-9H2,(H,25,28)(H,26,30)/t11-/m0/s1. The molecular formula is C20H15BrCl3N3O5. The zero-order valence-corrected chi connectivity index (χ0v) is 20.0. The molecule has 1 saturated heterocycles. The number of halogens is 4. The number of benzene rings is 2. The van der Waals surface area contributed by atoms with Crippen LogP contribution in [-0.2, 0) is 19.1 Å². The number of hydrogen-bond donors (Lipinski definition) is 2. The van der Waals surface area contributed by atoms with Gasteiger partial charge in [0.15, 0.2) is 6.61 Å². The van der Waals surface area contributed by atoms with Gasteiger partial charge < -0.3 is 10.1 Å². The van der Waals surface area contributed by atoms with Gasteiger partial charge in [-0.1, -0.05) is 50.7 Å². The number of carbonyl (C=O) groups excluding carboxylic acids is 4. The summed E-state index contributed by atoms with van der Waals surface area (Å²) in [5.41, 5.74) is 2.98. The maximum absolute atomic E-state index is 12.3. The van der Waals surface area contributed by atoms with E-state index in [0.717, 1.165) is 9.48 Å². The van der Waals surface area contributed by atoms with E-state index in [4.69, 9.17) is 39.5 Å². The van der Waals surface area contributed by atoms with Crippen LogP contribution in [0.25, 0.3) is 0 Å². The first-order valence-electron chi connectivity index (χ1n) is 9.12. The van der Waals surface area contributed by atoms with Crippen LogP contribution in [0.15, 0.2) is 40.9 Å². The van der Waals surface area contributed by atoms with E-state index in [1.165, 1.54) is 18.2 Å². The lowest BCUT2D eigenvalue weighted by molar-refractivity contribution is -0.151. The van der Waals surface area contributed by atoms with Crippen LogP contribution >= 0.6 is 50.7 Å². The molecule has 0 saturated carbocycles. The van der Waals surface area contributed by atoms with Crippen molar-refractivity contribution in [3.8, 4) is 0 Å². The van der Waals surface area contributed by atoms with Gasteiger partial charge in [-0.15, -0.1) is 0 Å². The van der Waals surface area contributed by atoms with Gasteiger partial charge in [0.05, 0.1) is 33.2 Å². The average molecular weight is 564 g/mol. The minimum atomic E-state index is -0.833. The van der Waals surface area contributed by atoms with Crippen LogP contribution in [0.3, 0.4) is 0 Å². The molecule has 0 bridgehead atoms. The summed E-state index contributed by atoms with van der Waals surface area (Å²) in [5, 5.41) is 4.35. The Kier molecular flexibility index (Phi) is 8.00. The van der Waals surface area contributed by atoms with Crippen LogP contribution in [0.1, 0.15) is 16.8 Å². The normalized spacial score (nSPS) is 15.4. The third-order valence-electron chi connectivity index (χ3n) is 4.43. The van der Waals surface area contributed by atoms with Gasteiger partial charge in [0, 0.05) is 16.5 Å². The van der Waals surface area contributed by atoms with Crippen molar-refractivity contribution in [2.45, 2.75) is 6.42 Å². The topological polar surface area (TPSA) is 105 Å². The van der Waals surface area contributed by atoms with Crippen molar-refractivity contribution in [2.24, 2.45) is 5.92 Å². The lowest BCUT2D eigenvalue weighted by Crippen LogP contribution is -2.43. The minimum absolute atomic E-state index is 0.0924. The Balaban J connectivity index is 1.50. The highest BCUT2D eigenvalue weighted by Gasteiger charge is 2.36. The summed E-state index contributed by atoms with van der Waals surface area (Å²) in [6.07, 6.45) is -0.166. The summed E-state index contributed by atoms with van der Waals surface area (Å²) < 4.78 is 5.76. The molecule has 168 valence electrons. The number of esters is 1. The van der Waals surface area contributed by atoms with Crippen molar-refractivity contribution in [2.75, 3.05) is 18.5 Å². The molecule has 3 amide bonds. The molecule has 2 aromatic carbocycles. The second-order valence-electron chi connectivity index (χ2n) is 6.76. The van der Waals surface area contributed by atoms with E-state index in [1.54, 1.807) is 18.2 Å². The highest BCUT2D eigenvalue weighted by atomic mass is 79.9. The fourth-order valence-electron chi connectivity index (χ4n) is 2.83. The van der Waals surface area contributed by atoms with Crippen LogP contribution in [0.5, 0.6) is 0 Å². The Morgan fingerprint density at radius 2 is 1.81 bits per heavy atom. The van der Waals surface area contributed by atoms with Crippen LogP contribution in [-0.4, -0.2) is 41.9 Å². The predicted octanol–water partition coefficient (Wildman–Crippen LogP) is 4.08. The summed E-state index contributed by atoms with van der Waals surface area (Å²) in [7, 11) is 0. The average Bonchev–Trinajstić information content (AvgIpc) is 3.10. The fourth-order valence-corrected chi connectivity index (χ4v) is 3.85. The largest absolute Gasteiger partial charge is 0.455 e. The number of ether oxygens (including phenoxy) is 1. The molecule has 0 aromatic heterocycles. The van der Waals surface area contributed by atoms with Crippen LogP contribution < -0.4 is 10.7 Å². The summed E-state index contributed by atoms with van der Waals surface area (Å²) in [4.78, 5) is 48.8. The van der Waals surface area contributed by atoms with Gasteiger partial charge in [0.2, 0.25) is 5.91 Å². The van der Waals surface area contributed by atoms with E-state index in [-0.39, 0.29) is 28.6 Å². The molecule has 1 aliphatic rings. The molecule has 1 heterocycles. The quantitative estimate of drug-likeness (QED) is 0.516. The van der Waals surface area contributed by atoms with Crippen LogP contribution in [0.4, 0.5) is 5.69 Å². The van der Waals surface area contributed by atoms with Gasteiger partial charge in [-0.3, -0.25) is 29.6 Å². The number of carbonyl (C=O) groups is 4. The Labute approximate surface area is 206 Å². The Morgan fingerprint density at radius 3 is 2.50 bits per heavy atom. The highest BCUT2D eigenvalue weighted by molar-refractivity contribution is 9.10. The third-order valence-corrected chi connectivity index (χ3v) is 5.97. The number of hydrogen-bond acceptors (Lipinski definition) is 5. The smallest absolute Gasteiger partial charge is 0.311 e. The first-order valence-corrected chi connectivity index (χ1v) is 11.0. The molecule has 2 aromatic rings. The van der Waals surface area contributed by atoms with Crippen molar-refractivity contribution >= 4 is 80.1 Å². The molecule has 1 atom stereocenters. The lowest BCUT2D eigenvalue weighted by Gasteiger charge is -2.17. The second-order valence-corrected chi connectivity index (χ2v) is 8.89. The fraction of sp³-hybridized carbons (Fsp3) is 0.200. The lowest BCUT2D eigenvalue weighted by atomic mass is 10.1. The van der Waals surface area contributed by atoms with E-state index in [0.29, 0.717) is 10.7 Å². The Morgan fingerprint density at radius 1 is 1.06 bits per heavy atom. The number of nitrogens with one attached hydrogen (secondary N) is 2. The SMILES string of the molecule is O=C(COC(=O)[C@H]1CC(=O)N(NC(=O)c2ccc(Cl)c(Cl)c2)C1)Nc1ccc(Br)cc1Cl. The maximum atomic E-state index is 12.3. The zero-order valence-electron chi connectivity index (χ0n) is 16.2. The molecule has 0 radical (unpaired) electrons. The molecule has 0 aliphatic carbocycles. The van der Waals surface area contributed by atoms with Gasteiger partial charge in [0.25, 0.3) is 11.8 Å². The maximum Gasteiger partial charge on any atom is 0.311 e. The van der Waals surface area contributed by atoms with E-state index in [1.807, 2.05) is 0 Å². The van der Waals surface area contributed by atoms with Crippen molar-refractivity contribution in [3.05, 3.63) is 61.5 Å². The van der Waals surface area contributed by atoms with Gasteiger partial charge in [-0.25, -0.2) is 0 Å². The van der Waals surface area contributed by atoms with Crippen LogP contribution in [0, 0.1) is 5.92 Å². The highest BCUT2D eigenvalue weighted by Crippen LogP contribution is 2.26. The van der Waals surface area contributed by atoms with Crippen molar-refractivity contribution in [1.29, 1.82) is 0 Å². The van der Waals surface area contributed by atoms with E-state index < -0.39 is 36.2 Å². The number of rotatable bonds is 6. The van der Waals surface area contributed by atoms with Gasteiger partial charge in [0.1, 0.15) is 0 Å². The Hall–Kier alpha value is -2.33. The summed E-state index contributed by atoms with van der Waals surface area (Å²) >= 11 is 21.0. The van der Waals surface area contributed by atoms with Crippen molar-refractivity contribution in [1.82, 2.24) is 10.4 Å². The molecule has 32 heavy (non-hydrogen) atoms. The molecule has 0 unspecified atom stereocenters. The van der Waals surface area contributed by atoms with Crippen molar-refractivity contribution < 1.29 is 23.9 Å². The Bertz CT molecular complexity index is 1100. The monoisotopic (exact) mass is 561 g/mol. The van der Waals surface area contributed by atoms with Gasteiger partial charge in [-0.05, 0) is 36.4 Å². The van der Waals surface area contributed by atoms with Gasteiger partial charge in [-0.2, -0.15) is 0 Å². The molecule has 2 N–H and O–H groups in total. The molecule has 12 heteroatoms. The van der Waals surface area contributed by atoms with E-state index in [9.17, 15) is 19.2 Å². The summed E-state index contributed by atoms with van der Waals surface area (Å²) in [6, 6.07) is 9.16. The molecule has 3 rings (SSSR count). The zero-order chi connectivity index (χ0) is 23.4. The first kappa shape index (κ1) is 24.3. The molecule has 1 aliphatic heterocycles. The van der Waals surface area contributed by atoms with E-state index in [2.05, 4.69) is 26.7 Å². The minimum Gasteiger partial charge on any atom is -0.455 e. The van der Waals surface area contributed by atoms with E-state index >= 15 is 0 Å². The summed E-state index contributed by atoms with van der Waals surface area (Å²) in [6.45, 7) is -0.642. The number of anilines is 1. The predicted molar refractivity (Wildman–Crippen MR) is 122 cm³/mol. The van der Waals surface area contributed by atoms with Crippen LogP contribution in [0.2, 0.25) is 15.1 Å². The summed E-state index contributed by atoms with van der Waals surface area (Å²) in [5.74, 6) is -3.21. The number of nitrogens with zero attached hydrogens (tertiary/aromatic N) is 1. The number of hydrazine groups is 1. The molecule has 1 fully saturated rings. The molecule has 8 nitrogen and oxygen atoms in total. The second kappa shape index (κ2) is 10.5. The van der Waals surface area contributed by atoms with Crippen molar-refractivity contribution in [3.63, 3.8) is 0 Å². The molecule has 0 spiro atoms. The van der Waals surface area contributed by atoms with Gasteiger partial charge >= 0.3 is 5.97 Å². The third kappa shape index (κ3) is 6.13. The molecular weight excluding hydrogens is 548 g/mol. The number of amides is 3. The first-order chi connectivity index (χ1) is 15.1.